The second-order valence-corrected chi connectivity index (χ2v) is 4.36. The van der Waals surface area contributed by atoms with E-state index in [2.05, 4.69) is 10.1 Å². The van der Waals surface area contributed by atoms with Gasteiger partial charge in [-0.25, -0.2) is 9.67 Å². The van der Waals surface area contributed by atoms with E-state index in [1.54, 1.807) is 18.3 Å². The molecule has 0 aliphatic rings. The SMILES string of the molecule is Cc1cnn(Cc2ccc(Cl)nc2Cl)c(=O)c1. The molecule has 0 saturated carbocycles. The number of rotatable bonds is 2. The van der Waals surface area contributed by atoms with E-state index in [0.29, 0.717) is 10.7 Å². The van der Waals surface area contributed by atoms with Crippen molar-refractivity contribution in [2.45, 2.75) is 13.5 Å². The first kappa shape index (κ1) is 12.1. The molecule has 0 fully saturated rings. The molecular formula is C11H9Cl2N3O. The van der Waals surface area contributed by atoms with Crippen molar-refractivity contribution in [3.8, 4) is 0 Å². The van der Waals surface area contributed by atoms with Gasteiger partial charge < -0.3 is 0 Å². The summed E-state index contributed by atoms with van der Waals surface area (Å²) >= 11 is 11.6. The summed E-state index contributed by atoms with van der Waals surface area (Å²) in [4.78, 5) is 15.5. The highest BCUT2D eigenvalue weighted by atomic mass is 35.5. The highest BCUT2D eigenvalue weighted by Gasteiger charge is 2.05. The van der Waals surface area contributed by atoms with Crippen LogP contribution in [0, 0.1) is 6.92 Å². The Balaban J connectivity index is 2.35. The fourth-order valence-electron chi connectivity index (χ4n) is 1.36. The van der Waals surface area contributed by atoms with Gasteiger partial charge in [0.15, 0.2) is 0 Å². The molecule has 0 N–H and O–H groups in total. The van der Waals surface area contributed by atoms with E-state index < -0.39 is 0 Å². The second-order valence-electron chi connectivity index (χ2n) is 3.61. The molecule has 2 heterocycles. The lowest BCUT2D eigenvalue weighted by Gasteiger charge is -2.06. The van der Waals surface area contributed by atoms with Gasteiger partial charge in [0, 0.05) is 11.6 Å². The molecular weight excluding hydrogens is 261 g/mol. The van der Waals surface area contributed by atoms with Crippen LogP contribution in [-0.4, -0.2) is 14.8 Å². The van der Waals surface area contributed by atoms with Crippen LogP contribution < -0.4 is 5.56 Å². The van der Waals surface area contributed by atoms with E-state index in [9.17, 15) is 4.79 Å². The Morgan fingerprint density at radius 3 is 2.76 bits per heavy atom. The van der Waals surface area contributed by atoms with Gasteiger partial charge in [0.05, 0.1) is 12.7 Å². The zero-order chi connectivity index (χ0) is 12.4. The maximum atomic E-state index is 11.6. The maximum absolute atomic E-state index is 11.6. The smallest absolute Gasteiger partial charge is 0.267 e. The summed E-state index contributed by atoms with van der Waals surface area (Å²) < 4.78 is 1.32. The highest BCUT2D eigenvalue weighted by molar-refractivity contribution is 6.32. The lowest BCUT2D eigenvalue weighted by Crippen LogP contribution is -2.22. The Morgan fingerprint density at radius 1 is 1.35 bits per heavy atom. The van der Waals surface area contributed by atoms with Gasteiger partial charge in [0.25, 0.3) is 5.56 Å². The number of nitrogens with zero attached hydrogens (tertiary/aromatic N) is 3. The van der Waals surface area contributed by atoms with Gasteiger partial charge >= 0.3 is 0 Å². The maximum Gasteiger partial charge on any atom is 0.267 e. The van der Waals surface area contributed by atoms with Crippen molar-refractivity contribution in [3.63, 3.8) is 0 Å². The Hall–Kier alpha value is -1.39. The monoisotopic (exact) mass is 269 g/mol. The van der Waals surface area contributed by atoms with Gasteiger partial charge in [-0.2, -0.15) is 5.10 Å². The van der Waals surface area contributed by atoms with Crippen LogP contribution in [0.4, 0.5) is 0 Å². The Kier molecular flexibility index (Phi) is 3.45. The molecule has 0 aromatic carbocycles. The number of aromatic nitrogens is 3. The normalized spacial score (nSPS) is 10.5. The predicted molar refractivity (Wildman–Crippen MR) is 66.6 cm³/mol. The fourth-order valence-corrected chi connectivity index (χ4v) is 1.77. The van der Waals surface area contributed by atoms with Crippen LogP contribution in [0.5, 0.6) is 0 Å². The first-order valence-electron chi connectivity index (χ1n) is 4.91. The van der Waals surface area contributed by atoms with Gasteiger partial charge in [-0.3, -0.25) is 4.79 Å². The lowest BCUT2D eigenvalue weighted by atomic mass is 10.3. The van der Waals surface area contributed by atoms with Crippen LogP contribution in [0.3, 0.4) is 0 Å². The summed E-state index contributed by atoms with van der Waals surface area (Å²) in [6, 6.07) is 4.87. The topological polar surface area (TPSA) is 47.8 Å². The minimum Gasteiger partial charge on any atom is -0.268 e. The number of hydrogen-bond acceptors (Lipinski definition) is 3. The van der Waals surface area contributed by atoms with E-state index in [0.717, 1.165) is 5.56 Å². The number of hydrogen-bond donors (Lipinski definition) is 0. The zero-order valence-corrected chi connectivity index (χ0v) is 10.5. The molecule has 6 heteroatoms. The molecule has 0 aliphatic heterocycles. The van der Waals surface area contributed by atoms with Crippen LogP contribution in [0.2, 0.25) is 10.3 Å². The van der Waals surface area contributed by atoms with Crippen molar-refractivity contribution < 1.29 is 0 Å². The molecule has 0 saturated heterocycles. The Morgan fingerprint density at radius 2 is 2.12 bits per heavy atom. The number of pyridine rings is 1. The molecule has 0 spiro atoms. The summed E-state index contributed by atoms with van der Waals surface area (Å²) in [5.41, 5.74) is 1.36. The summed E-state index contributed by atoms with van der Waals surface area (Å²) in [6.07, 6.45) is 1.62. The van der Waals surface area contributed by atoms with E-state index in [4.69, 9.17) is 23.2 Å². The molecule has 0 amide bonds. The third-order valence-electron chi connectivity index (χ3n) is 2.22. The van der Waals surface area contributed by atoms with Crippen molar-refractivity contribution in [1.29, 1.82) is 0 Å². The van der Waals surface area contributed by atoms with E-state index in [1.165, 1.54) is 10.7 Å². The van der Waals surface area contributed by atoms with Crippen LogP contribution in [0.15, 0.2) is 29.2 Å². The standard InChI is InChI=1S/C11H9Cl2N3O/c1-7-4-10(17)16(14-5-7)6-8-2-3-9(12)15-11(8)13/h2-5H,6H2,1H3. The first-order valence-corrected chi connectivity index (χ1v) is 5.66. The van der Waals surface area contributed by atoms with Crippen molar-refractivity contribution in [1.82, 2.24) is 14.8 Å². The molecule has 4 nitrogen and oxygen atoms in total. The molecule has 0 bridgehead atoms. The molecule has 2 aromatic rings. The second kappa shape index (κ2) is 4.85. The third-order valence-corrected chi connectivity index (χ3v) is 2.76. The van der Waals surface area contributed by atoms with Gasteiger partial charge in [-0.1, -0.05) is 29.3 Å². The molecule has 2 rings (SSSR count). The average molecular weight is 270 g/mol. The van der Waals surface area contributed by atoms with Crippen molar-refractivity contribution in [2.75, 3.05) is 0 Å². The first-order chi connectivity index (χ1) is 8.06. The van der Waals surface area contributed by atoms with Gasteiger partial charge in [-0.15, -0.1) is 0 Å². The van der Waals surface area contributed by atoms with Crippen molar-refractivity contribution in [3.05, 3.63) is 56.2 Å². The summed E-state index contributed by atoms with van der Waals surface area (Å²) in [5.74, 6) is 0. The fraction of sp³-hybridized carbons (Fsp3) is 0.182. The van der Waals surface area contributed by atoms with Crippen LogP contribution >= 0.6 is 23.2 Å². The lowest BCUT2D eigenvalue weighted by molar-refractivity contribution is 0.635. The van der Waals surface area contributed by atoms with Crippen molar-refractivity contribution in [2.24, 2.45) is 0 Å². The van der Waals surface area contributed by atoms with E-state index >= 15 is 0 Å². The third kappa shape index (κ3) is 2.84. The number of halogens is 2. The summed E-state index contributed by atoms with van der Waals surface area (Å²) in [5, 5.41) is 4.63. The van der Waals surface area contributed by atoms with Crippen molar-refractivity contribution >= 4 is 23.2 Å². The average Bonchev–Trinajstić information content (AvgIpc) is 2.25. The molecule has 88 valence electrons. The molecule has 0 atom stereocenters. The summed E-state index contributed by atoms with van der Waals surface area (Å²) in [7, 11) is 0. The minimum absolute atomic E-state index is 0.170. The number of aryl methyl sites for hydroxylation is 1. The molecule has 0 radical (unpaired) electrons. The van der Waals surface area contributed by atoms with Gasteiger partial charge in [0.2, 0.25) is 0 Å². The van der Waals surface area contributed by atoms with Gasteiger partial charge in [0.1, 0.15) is 10.3 Å². The molecule has 0 aliphatic carbocycles. The predicted octanol–water partition coefficient (Wildman–Crippen LogP) is 2.30. The minimum atomic E-state index is -0.170. The molecule has 0 unspecified atom stereocenters. The van der Waals surface area contributed by atoms with Crippen LogP contribution in [-0.2, 0) is 6.54 Å². The Bertz CT molecular complexity index is 610. The van der Waals surface area contributed by atoms with Crippen LogP contribution in [0.1, 0.15) is 11.1 Å². The molecule has 2 aromatic heterocycles. The van der Waals surface area contributed by atoms with Crippen LogP contribution in [0.25, 0.3) is 0 Å². The van der Waals surface area contributed by atoms with E-state index in [-0.39, 0.29) is 17.3 Å². The van der Waals surface area contributed by atoms with Gasteiger partial charge in [-0.05, 0) is 18.6 Å². The Labute approximate surface area is 108 Å². The quantitative estimate of drug-likeness (QED) is 0.787. The van der Waals surface area contributed by atoms with E-state index in [1.807, 2.05) is 6.92 Å². The highest BCUT2D eigenvalue weighted by Crippen LogP contribution is 2.16. The largest absolute Gasteiger partial charge is 0.268 e. The zero-order valence-electron chi connectivity index (χ0n) is 9.02. The molecule has 17 heavy (non-hydrogen) atoms. The summed E-state index contributed by atoms with van der Waals surface area (Å²) in [6.45, 7) is 2.09.